The van der Waals surface area contributed by atoms with Gasteiger partial charge in [0.15, 0.2) is 0 Å². The molecular weight excluding hydrogens is 452 g/mol. The molecule has 7 heteroatoms. The summed E-state index contributed by atoms with van der Waals surface area (Å²) in [5.74, 6) is 0.119. The number of benzene rings is 3. The monoisotopic (exact) mass is 480 g/mol. The maximum absolute atomic E-state index is 13.0. The summed E-state index contributed by atoms with van der Waals surface area (Å²) >= 11 is 0. The van der Waals surface area contributed by atoms with E-state index in [0.29, 0.717) is 18.8 Å². The molecule has 1 fully saturated rings. The van der Waals surface area contributed by atoms with Crippen LogP contribution in [0, 0.1) is 5.92 Å². The second-order valence-corrected chi connectivity index (χ2v) is 8.88. The highest BCUT2D eigenvalue weighted by atomic mass is 16.5. The van der Waals surface area contributed by atoms with Crippen LogP contribution in [0.3, 0.4) is 0 Å². The van der Waals surface area contributed by atoms with E-state index in [4.69, 9.17) is 4.74 Å². The quantitative estimate of drug-likeness (QED) is 0.409. The number of carbonyl (C=O) groups is 2. The summed E-state index contributed by atoms with van der Waals surface area (Å²) in [6.45, 7) is 1.48. The lowest BCUT2D eigenvalue weighted by Crippen LogP contribution is -2.32. The summed E-state index contributed by atoms with van der Waals surface area (Å²) in [4.78, 5) is 27.3. The van der Waals surface area contributed by atoms with Crippen LogP contribution in [0.2, 0.25) is 0 Å². The average Bonchev–Trinajstić information content (AvgIpc) is 3.57. The number of carbonyl (C=O) groups excluding carboxylic acids is 2. The summed E-state index contributed by atoms with van der Waals surface area (Å²) in [5.41, 5.74) is 5.10. The van der Waals surface area contributed by atoms with Crippen LogP contribution in [-0.4, -0.2) is 35.2 Å². The molecule has 7 nitrogen and oxygen atoms in total. The Labute approximate surface area is 210 Å². The SMILES string of the molecule is COc1cccc(N2CC(C(=O)NCc3ccccc3-c3ccc(Cn4cccn4)cc3)CC2=O)c1. The smallest absolute Gasteiger partial charge is 0.227 e. The first-order valence-corrected chi connectivity index (χ1v) is 12.0. The predicted molar refractivity (Wildman–Crippen MR) is 139 cm³/mol. The molecule has 0 saturated carbocycles. The molecule has 3 aromatic carbocycles. The predicted octanol–water partition coefficient (Wildman–Crippen LogP) is 4.28. The first kappa shape index (κ1) is 23.4. The van der Waals surface area contributed by atoms with Gasteiger partial charge in [-0.1, -0.05) is 54.6 Å². The van der Waals surface area contributed by atoms with Crippen molar-refractivity contribution < 1.29 is 14.3 Å². The second-order valence-electron chi connectivity index (χ2n) is 8.88. The van der Waals surface area contributed by atoms with Crippen LogP contribution in [0.25, 0.3) is 11.1 Å². The summed E-state index contributed by atoms with van der Waals surface area (Å²) < 4.78 is 7.16. The van der Waals surface area contributed by atoms with Gasteiger partial charge < -0.3 is 15.0 Å². The molecule has 0 radical (unpaired) electrons. The summed E-state index contributed by atoms with van der Waals surface area (Å²) in [5, 5.41) is 7.31. The summed E-state index contributed by atoms with van der Waals surface area (Å²) in [6.07, 6.45) is 3.92. The first-order valence-electron chi connectivity index (χ1n) is 12.0. The zero-order valence-corrected chi connectivity index (χ0v) is 20.1. The number of aromatic nitrogens is 2. The Hall–Kier alpha value is -4.39. The summed E-state index contributed by atoms with van der Waals surface area (Å²) in [7, 11) is 1.59. The molecule has 2 heterocycles. The minimum absolute atomic E-state index is 0.0565. The van der Waals surface area contributed by atoms with Crippen molar-refractivity contribution in [2.24, 2.45) is 5.92 Å². The Bertz CT molecular complexity index is 1350. The Balaban J connectivity index is 1.23. The number of amides is 2. The van der Waals surface area contributed by atoms with E-state index in [-0.39, 0.29) is 18.2 Å². The molecule has 0 bridgehead atoms. The van der Waals surface area contributed by atoms with Gasteiger partial charge in [0, 0.05) is 43.7 Å². The Kier molecular flexibility index (Phi) is 6.80. The van der Waals surface area contributed by atoms with Crippen LogP contribution < -0.4 is 15.0 Å². The second kappa shape index (κ2) is 10.5. The third kappa shape index (κ3) is 5.15. The fourth-order valence-electron chi connectivity index (χ4n) is 4.56. The van der Waals surface area contributed by atoms with Crippen LogP contribution >= 0.6 is 0 Å². The highest BCUT2D eigenvalue weighted by Gasteiger charge is 2.35. The maximum Gasteiger partial charge on any atom is 0.227 e. The molecule has 4 aromatic rings. The minimum Gasteiger partial charge on any atom is -0.497 e. The normalized spacial score (nSPS) is 15.2. The summed E-state index contributed by atoms with van der Waals surface area (Å²) in [6, 6.07) is 25.7. The molecular formula is C29H28N4O3. The lowest BCUT2D eigenvalue weighted by molar-refractivity contribution is -0.126. The molecule has 182 valence electrons. The largest absolute Gasteiger partial charge is 0.497 e. The van der Waals surface area contributed by atoms with E-state index in [0.717, 1.165) is 28.9 Å². The van der Waals surface area contributed by atoms with Crippen molar-refractivity contribution in [3.63, 3.8) is 0 Å². The van der Waals surface area contributed by atoms with Crippen LogP contribution in [-0.2, 0) is 22.7 Å². The van der Waals surface area contributed by atoms with E-state index >= 15 is 0 Å². The van der Waals surface area contributed by atoms with Crippen molar-refractivity contribution in [2.75, 3.05) is 18.6 Å². The highest BCUT2D eigenvalue weighted by molar-refractivity contribution is 6.00. The number of rotatable bonds is 8. The first-order chi connectivity index (χ1) is 17.6. The topological polar surface area (TPSA) is 76.5 Å². The van der Waals surface area contributed by atoms with Crippen molar-refractivity contribution in [1.29, 1.82) is 0 Å². The molecule has 0 aliphatic carbocycles. The van der Waals surface area contributed by atoms with E-state index in [2.05, 4.69) is 40.7 Å². The fourth-order valence-corrected chi connectivity index (χ4v) is 4.56. The zero-order chi connectivity index (χ0) is 24.9. The van der Waals surface area contributed by atoms with Crippen LogP contribution in [0.5, 0.6) is 5.75 Å². The van der Waals surface area contributed by atoms with E-state index < -0.39 is 5.92 Å². The number of methoxy groups -OCH3 is 1. The molecule has 2 amide bonds. The Morgan fingerprint density at radius 3 is 2.67 bits per heavy atom. The Morgan fingerprint density at radius 1 is 1.06 bits per heavy atom. The number of anilines is 1. The van der Waals surface area contributed by atoms with Crippen molar-refractivity contribution in [3.8, 4) is 16.9 Å². The van der Waals surface area contributed by atoms with Crippen LogP contribution in [0.1, 0.15) is 17.5 Å². The van der Waals surface area contributed by atoms with E-state index in [1.54, 1.807) is 18.2 Å². The van der Waals surface area contributed by atoms with Crippen molar-refractivity contribution in [3.05, 3.63) is 102 Å². The van der Waals surface area contributed by atoms with Gasteiger partial charge in [0.2, 0.25) is 11.8 Å². The molecule has 1 aliphatic rings. The molecule has 1 aliphatic heterocycles. The third-order valence-corrected chi connectivity index (χ3v) is 6.50. The van der Waals surface area contributed by atoms with E-state index in [9.17, 15) is 9.59 Å². The van der Waals surface area contributed by atoms with Crippen molar-refractivity contribution >= 4 is 17.5 Å². The molecule has 1 saturated heterocycles. The number of hydrogen-bond acceptors (Lipinski definition) is 4. The highest BCUT2D eigenvalue weighted by Crippen LogP contribution is 2.29. The molecule has 36 heavy (non-hydrogen) atoms. The Morgan fingerprint density at radius 2 is 1.89 bits per heavy atom. The van der Waals surface area contributed by atoms with Crippen molar-refractivity contribution in [2.45, 2.75) is 19.5 Å². The van der Waals surface area contributed by atoms with Gasteiger partial charge in [0.1, 0.15) is 5.75 Å². The fraction of sp³-hybridized carbons (Fsp3) is 0.207. The molecule has 1 atom stereocenters. The average molecular weight is 481 g/mol. The van der Waals surface area contributed by atoms with Crippen LogP contribution in [0.4, 0.5) is 5.69 Å². The molecule has 5 rings (SSSR count). The van der Waals surface area contributed by atoms with Gasteiger partial charge in [-0.3, -0.25) is 14.3 Å². The lowest BCUT2D eigenvalue weighted by atomic mass is 9.98. The van der Waals surface area contributed by atoms with E-state index in [1.165, 1.54) is 5.56 Å². The molecule has 0 spiro atoms. The van der Waals surface area contributed by atoms with Gasteiger partial charge in [-0.05, 0) is 40.5 Å². The lowest BCUT2D eigenvalue weighted by Gasteiger charge is -2.17. The number of ether oxygens (including phenoxy) is 1. The number of nitrogens with one attached hydrogen (secondary N) is 1. The van der Waals surface area contributed by atoms with Gasteiger partial charge in [0.25, 0.3) is 0 Å². The number of hydrogen-bond donors (Lipinski definition) is 1. The van der Waals surface area contributed by atoms with Gasteiger partial charge in [-0.25, -0.2) is 0 Å². The van der Waals surface area contributed by atoms with Gasteiger partial charge >= 0.3 is 0 Å². The van der Waals surface area contributed by atoms with Crippen LogP contribution in [0.15, 0.2) is 91.3 Å². The minimum atomic E-state index is -0.391. The van der Waals surface area contributed by atoms with Gasteiger partial charge in [-0.15, -0.1) is 0 Å². The molecule has 1 aromatic heterocycles. The maximum atomic E-state index is 13.0. The van der Waals surface area contributed by atoms with Gasteiger partial charge in [0.05, 0.1) is 19.6 Å². The van der Waals surface area contributed by atoms with Gasteiger partial charge in [-0.2, -0.15) is 5.10 Å². The van der Waals surface area contributed by atoms with Crippen molar-refractivity contribution in [1.82, 2.24) is 15.1 Å². The third-order valence-electron chi connectivity index (χ3n) is 6.50. The molecule has 1 unspecified atom stereocenters. The van der Waals surface area contributed by atoms with E-state index in [1.807, 2.05) is 59.4 Å². The molecule has 1 N–H and O–H groups in total. The number of nitrogens with zero attached hydrogens (tertiary/aromatic N) is 3. The standard InChI is InChI=1S/C29H28N4O3/c1-36-26-8-4-7-25(17-26)33-20-24(16-28(33)34)29(35)30-18-23-6-2-3-9-27(23)22-12-10-21(11-13-22)19-32-15-5-14-31-32/h2-15,17,24H,16,18-20H2,1H3,(H,30,35). The zero-order valence-electron chi connectivity index (χ0n) is 20.1.